The van der Waals surface area contributed by atoms with E-state index in [9.17, 15) is 8.42 Å². The van der Waals surface area contributed by atoms with Crippen LogP contribution in [0.15, 0.2) is 60.6 Å². The molecular weight excluding hydrogens is 533 g/mol. The highest BCUT2D eigenvalue weighted by Gasteiger charge is 2.48. The van der Waals surface area contributed by atoms with Crippen LogP contribution in [0.5, 0.6) is 0 Å². The first-order chi connectivity index (χ1) is 17.6. The van der Waals surface area contributed by atoms with Gasteiger partial charge in [-0.05, 0) is 39.7 Å². The van der Waals surface area contributed by atoms with E-state index in [1.54, 1.807) is 33.4 Å². The first-order valence-corrected chi connectivity index (χ1v) is 17.9. The van der Waals surface area contributed by atoms with Gasteiger partial charge in [-0.25, -0.2) is 8.42 Å². The van der Waals surface area contributed by atoms with E-state index in [2.05, 4.69) is 65.8 Å². The van der Waals surface area contributed by atoms with Crippen molar-refractivity contribution in [3.8, 4) is 0 Å². The van der Waals surface area contributed by atoms with Crippen LogP contribution in [0.4, 0.5) is 0 Å². The second-order valence-electron chi connectivity index (χ2n) is 11.6. The number of thiophene rings is 1. The minimum absolute atomic E-state index is 0.0426. The van der Waals surface area contributed by atoms with E-state index < -0.39 is 9.84 Å². The molecule has 5 aliphatic rings. The van der Waals surface area contributed by atoms with E-state index in [1.807, 2.05) is 23.1 Å². The standard InChI is InChI=1S/C31H34O2S4/c1-14-21-13-20-9-7-8-10-22(20)35-27(21)16(3)24-17(4)28-25(15(2)23(14)24)26-18(5)31-30(19(6)29(26)36-28)34-11-12-37(31,32)33/h7-10,14-19H,11-13H2,1-6H3. The lowest BCUT2D eigenvalue weighted by molar-refractivity contribution is 0.555. The summed E-state index contributed by atoms with van der Waals surface area (Å²) in [6.07, 6.45) is 1.05. The number of benzene rings is 1. The van der Waals surface area contributed by atoms with Gasteiger partial charge in [-0.15, -0.1) is 23.1 Å². The molecule has 6 heteroatoms. The third-order valence-electron chi connectivity index (χ3n) is 9.67. The number of allylic oxidation sites excluding steroid dienone is 6. The zero-order valence-electron chi connectivity index (χ0n) is 22.3. The molecule has 0 bridgehead atoms. The van der Waals surface area contributed by atoms with Crippen LogP contribution in [0.3, 0.4) is 0 Å². The molecule has 3 aliphatic carbocycles. The van der Waals surface area contributed by atoms with Gasteiger partial charge in [0.1, 0.15) is 0 Å². The molecule has 2 aliphatic heterocycles. The van der Waals surface area contributed by atoms with Crippen LogP contribution in [0, 0.1) is 11.8 Å². The SMILES string of the molecule is CC1C2=C(Cc3ccccc3S2)C(C)C2=C1C(C)c1sc3c(c1C2C)C(C)C1=C(SCCS1(=O)=O)C3C. The van der Waals surface area contributed by atoms with Crippen molar-refractivity contribution < 1.29 is 8.42 Å². The number of rotatable bonds is 0. The van der Waals surface area contributed by atoms with E-state index >= 15 is 0 Å². The van der Waals surface area contributed by atoms with Gasteiger partial charge in [0, 0.05) is 60.8 Å². The number of thioether (sulfide) groups is 2. The van der Waals surface area contributed by atoms with Crippen LogP contribution in [-0.4, -0.2) is 19.9 Å². The van der Waals surface area contributed by atoms with Crippen molar-refractivity contribution in [1.29, 1.82) is 0 Å². The Morgan fingerprint density at radius 3 is 2.22 bits per heavy atom. The molecule has 194 valence electrons. The summed E-state index contributed by atoms with van der Waals surface area (Å²) in [4.78, 5) is 7.79. The van der Waals surface area contributed by atoms with Gasteiger partial charge in [0.2, 0.25) is 0 Å². The molecule has 0 amide bonds. The number of sulfone groups is 1. The van der Waals surface area contributed by atoms with Crippen molar-refractivity contribution in [3.05, 3.63) is 82.1 Å². The summed E-state index contributed by atoms with van der Waals surface area (Å²) in [6.45, 7) is 14.1. The fraction of sp³-hybridized carbons (Fsp3) is 0.484. The molecule has 2 nitrogen and oxygen atoms in total. The van der Waals surface area contributed by atoms with Crippen molar-refractivity contribution in [2.24, 2.45) is 11.8 Å². The lowest BCUT2D eigenvalue weighted by Gasteiger charge is -2.45. The molecule has 6 unspecified atom stereocenters. The highest BCUT2D eigenvalue weighted by molar-refractivity contribution is 8.07. The van der Waals surface area contributed by atoms with E-state index in [0.717, 1.165) is 16.2 Å². The van der Waals surface area contributed by atoms with Crippen LogP contribution in [-0.2, 0) is 16.3 Å². The molecule has 0 saturated heterocycles. The zero-order chi connectivity index (χ0) is 26.0. The molecule has 0 spiro atoms. The molecule has 0 saturated carbocycles. The maximum atomic E-state index is 13.3. The summed E-state index contributed by atoms with van der Waals surface area (Å²) in [5.41, 5.74) is 9.14. The van der Waals surface area contributed by atoms with Crippen LogP contribution in [0.2, 0.25) is 0 Å². The van der Waals surface area contributed by atoms with Gasteiger partial charge in [0.25, 0.3) is 0 Å². The van der Waals surface area contributed by atoms with Crippen molar-refractivity contribution >= 4 is 44.7 Å². The predicted octanol–water partition coefficient (Wildman–Crippen LogP) is 8.75. The average molecular weight is 567 g/mol. The summed E-state index contributed by atoms with van der Waals surface area (Å²) < 4.78 is 26.6. The summed E-state index contributed by atoms with van der Waals surface area (Å²) >= 11 is 5.79. The molecule has 6 atom stereocenters. The minimum atomic E-state index is -3.19. The largest absolute Gasteiger partial charge is 0.224 e. The summed E-state index contributed by atoms with van der Waals surface area (Å²) in [5, 5.41) is 0. The first-order valence-electron chi connectivity index (χ1n) is 13.6. The normalized spacial score (nSPS) is 33.8. The number of hydrogen-bond acceptors (Lipinski definition) is 5. The van der Waals surface area contributed by atoms with Crippen molar-refractivity contribution in [2.45, 2.75) is 76.5 Å². The molecule has 0 N–H and O–H groups in total. The molecule has 1 aromatic heterocycles. The van der Waals surface area contributed by atoms with Gasteiger partial charge in [-0.3, -0.25) is 0 Å². The third-order valence-corrected chi connectivity index (χ3v) is 16.4. The monoisotopic (exact) mass is 566 g/mol. The first kappa shape index (κ1) is 24.8. The quantitative estimate of drug-likeness (QED) is 0.299. The Morgan fingerprint density at radius 1 is 0.757 bits per heavy atom. The van der Waals surface area contributed by atoms with Crippen LogP contribution >= 0.6 is 34.9 Å². The third kappa shape index (κ3) is 3.28. The maximum absolute atomic E-state index is 13.3. The maximum Gasteiger partial charge on any atom is 0.176 e. The second-order valence-corrected chi connectivity index (χ2v) is 17.0. The van der Waals surface area contributed by atoms with Crippen molar-refractivity contribution in [2.75, 3.05) is 11.5 Å². The van der Waals surface area contributed by atoms with Crippen LogP contribution in [0.25, 0.3) is 0 Å². The molecule has 2 aromatic rings. The Kier molecular flexibility index (Phi) is 5.63. The Balaban J connectivity index is 1.37. The highest BCUT2D eigenvalue weighted by atomic mass is 32.2. The molecule has 37 heavy (non-hydrogen) atoms. The lowest BCUT2D eigenvalue weighted by Crippen LogP contribution is -2.31. The summed E-state index contributed by atoms with van der Waals surface area (Å²) in [7, 11) is -3.19. The van der Waals surface area contributed by atoms with Gasteiger partial charge >= 0.3 is 0 Å². The smallest absolute Gasteiger partial charge is 0.176 e. The Morgan fingerprint density at radius 2 is 1.43 bits per heavy atom. The van der Waals surface area contributed by atoms with Gasteiger partial charge in [0.15, 0.2) is 9.84 Å². The van der Waals surface area contributed by atoms with E-state index in [1.165, 1.54) is 31.3 Å². The zero-order valence-corrected chi connectivity index (χ0v) is 25.6. The van der Waals surface area contributed by atoms with Gasteiger partial charge < -0.3 is 0 Å². The van der Waals surface area contributed by atoms with E-state index in [0.29, 0.717) is 29.4 Å². The van der Waals surface area contributed by atoms with E-state index in [-0.39, 0.29) is 17.6 Å². The van der Waals surface area contributed by atoms with Gasteiger partial charge in [-0.1, -0.05) is 82.6 Å². The summed E-state index contributed by atoms with van der Waals surface area (Å²) in [6, 6.07) is 8.92. The fourth-order valence-corrected chi connectivity index (χ4v) is 15.1. The molecule has 3 heterocycles. The number of hydrogen-bond donors (Lipinski definition) is 0. The van der Waals surface area contributed by atoms with Crippen molar-refractivity contribution in [3.63, 3.8) is 0 Å². The highest BCUT2D eigenvalue weighted by Crippen LogP contribution is 2.63. The average Bonchev–Trinajstić information content (AvgIpc) is 3.28. The Labute approximate surface area is 234 Å². The molecule has 0 radical (unpaired) electrons. The fourth-order valence-electron chi connectivity index (χ4n) is 8.03. The van der Waals surface area contributed by atoms with Gasteiger partial charge in [0.05, 0.1) is 10.7 Å². The van der Waals surface area contributed by atoms with E-state index in [4.69, 9.17) is 0 Å². The predicted molar refractivity (Wildman–Crippen MR) is 160 cm³/mol. The Bertz CT molecular complexity index is 1570. The molecule has 0 fully saturated rings. The van der Waals surface area contributed by atoms with Crippen LogP contribution in [0.1, 0.15) is 91.7 Å². The second kappa shape index (κ2) is 8.39. The topological polar surface area (TPSA) is 34.1 Å². The Hall–Kier alpha value is -1.21. The minimum Gasteiger partial charge on any atom is -0.224 e. The van der Waals surface area contributed by atoms with Crippen molar-refractivity contribution in [1.82, 2.24) is 0 Å². The molecular formula is C31H34O2S4. The molecule has 7 rings (SSSR count). The summed E-state index contributed by atoms with van der Waals surface area (Å²) in [5.74, 6) is 2.66. The van der Waals surface area contributed by atoms with Gasteiger partial charge in [-0.2, -0.15) is 0 Å². The van der Waals surface area contributed by atoms with Crippen LogP contribution < -0.4 is 0 Å². The molecule has 1 aromatic carbocycles. The lowest BCUT2D eigenvalue weighted by atomic mass is 9.63. The number of fused-ring (bicyclic) bond motifs is 4.